The van der Waals surface area contributed by atoms with Crippen LogP contribution in [0.25, 0.3) is 11.2 Å². The number of aromatic nitrogens is 3. The minimum Gasteiger partial charge on any atom is -0.305 e. The number of alkyl halides is 1. The van der Waals surface area contributed by atoms with Gasteiger partial charge in [-0.3, -0.25) is 0 Å². The van der Waals surface area contributed by atoms with Gasteiger partial charge in [0.15, 0.2) is 5.65 Å². The van der Waals surface area contributed by atoms with Crippen LogP contribution in [0.2, 0.25) is 0 Å². The van der Waals surface area contributed by atoms with E-state index in [0.717, 1.165) is 29.1 Å². The van der Waals surface area contributed by atoms with Crippen LogP contribution < -0.4 is 0 Å². The molecular formula is C14H18ClN3. The summed E-state index contributed by atoms with van der Waals surface area (Å²) in [5.41, 5.74) is 3.22. The highest BCUT2D eigenvalue weighted by Gasteiger charge is 2.39. The second-order valence-corrected chi connectivity index (χ2v) is 5.49. The van der Waals surface area contributed by atoms with Crippen molar-refractivity contribution in [2.24, 2.45) is 0 Å². The quantitative estimate of drug-likeness (QED) is 0.790. The maximum atomic E-state index is 6.08. The maximum absolute atomic E-state index is 6.08. The van der Waals surface area contributed by atoms with Crippen LogP contribution in [0.3, 0.4) is 0 Å². The Morgan fingerprint density at radius 2 is 2.11 bits per heavy atom. The zero-order valence-corrected chi connectivity index (χ0v) is 11.7. The molecule has 0 amide bonds. The fourth-order valence-corrected chi connectivity index (χ4v) is 3.19. The van der Waals surface area contributed by atoms with Crippen molar-refractivity contribution in [2.45, 2.75) is 50.9 Å². The summed E-state index contributed by atoms with van der Waals surface area (Å²) in [7, 11) is 0. The third-order valence-electron chi connectivity index (χ3n) is 4.25. The third kappa shape index (κ3) is 1.57. The molecule has 96 valence electrons. The van der Waals surface area contributed by atoms with Crippen molar-refractivity contribution in [3.05, 3.63) is 23.7 Å². The van der Waals surface area contributed by atoms with Crippen molar-refractivity contribution in [3.8, 4) is 0 Å². The summed E-state index contributed by atoms with van der Waals surface area (Å²) in [6, 6.07) is 4.06. The van der Waals surface area contributed by atoms with Crippen molar-refractivity contribution in [1.82, 2.24) is 14.5 Å². The number of fused-ring (bicyclic) bond motifs is 1. The highest BCUT2D eigenvalue weighted by atomic mass is 35.5. The second kappa shape index (κ2) is 4.23. The number of hydrogen-bond acceptors (Lipinski definition) is 2. The van der Waals surface area contributed by atoms with Gasteiger partial charge < -0.3 is 4.57 Å². The number of nitrogens with zero attached hydrogens (tertiary/aromatic N) is 3. The van der Waals surface area contributed by atoms with E-state index >= 15 is 0 Å². The van der Waals surface area contributed by atoms with Crippen LogP contribution >= 0.6 is 11.6 Å². The molecule has 2 heterocycles. The van der Waals surface area contributed by atoms with Crippen molar-refractivity contribution in [1.29, 1.82) is 0 Å². The lowest BCUT2D eigenvalue weighted by Gasteiger charge is -2.43. The molecule has 0 saturated heterocycles. The Morgan fingerprint density at radius 1 is 1.33 bits per heavy atom. The molecule has 0 unspecified atom stereocenters. The molecule has 1 aliphatic rings. The molecule has 0 atom stereocenters. The number of hydrogen-bond donors (Lipinski definition) is 0. The van der Waals surface area contributed by atoms with Crippen LogP contribution in [0, 0.1) is 6.92 Å². The van der Waals surface area contributed by atoms with E-state index in [2.05, 4.69) is 21.5 Å². The molecule has 2 aromatic rings. The minimum absolute atomic E-state index is 0.208. The van der Waals surface area contributed by atoms with Crippen LogP contribution in [0.4, 0.5) is 0 Å². The van der Waals surface area contributed by atoms with Gasteiger partial charge in [-0.05, 0) is 44.7 Å². The first kappa shape index (κ1) is 12.0. The monoisotopic (exact) mass is 263 g/mol. The fourth-order valence-electron chi connectivity index (χ4n) is 3.01. The molecule has 0 N–H and O–H groups in total. The van der Waals surface area contributed by atoms with E-state index in [4.69, 9.17) is 11.6 Å². The topological polar surface area (TPSA) is 30.7 Å². The summed E-state index contributed by atoms with van der Waals surface area (Å²) in [5.74, 6) is 1.42. The Hall–Kier alpha value is -1.09. The van der Waals surface area contributed by atoms with Gasteiger partial charge in [0.1, 0.15) is 11.3 Å². The number of rotatable bonds is 3. The molecule has 3 rings (SSSR count). The largest absolute Gasteiger partial charge is 0.305 e. The van der Waals surface area contributed by atoms with Gasteiger partial charge in [0.05, 0.1) is 5.88 Å². The molecule has 1 saturated carbocycles. The average molecular weight is 264 g/mol. The summed E-state index contributed by atoms with van der Waals surface area (Å²) in [6.07, 6.45) is 4.85. The van der Waals surface area contributed by atoms with E-state index in [-0.39, 0.29) is 5.54 Å². The zero-order valence-electron chi connectivity index (χ0n) is 10.9. The van der Waals surface area contributed by atoms with Gasteiger partial charge in [0, 0.05) is 11.2 Å². The van der Waals surface area contributed by atoms with Crippen molar-refractivity contribution in [3.63, 3.8) is 0 Å². The van der Waals surface area contributed by atoms with E-state index in [9.17, 15) is 0 Å². The van der Waals surface area contributed by atoms with Crippen LogP contribution in [0.5, 0.6) is 0 Å². The average Bonchev–Trinajstić information content (AvgIpc) is 2.67. The molecule has 3 nitrogen and oxygen atoms in total. The molecule has 4 heteroatoms. The molecule has 18 heavy (non-hydrogen) atoms. The van der Waals surface area contributed by atoms with Gasteiger partial charge in [-0.15, -0.1) is 11.6 Å². The molecule has 0 bridgehead atoms. The van der Waals surface area contributed by atoms with Gasteiger partial charge in [-0.25, -0.2) is 9.97 Å². The Bertz CT molecular complexity index is 578. The van der Waals surface area contributed by atoms with E-state index in [1.54, 1.807) is 0 Å². The molecule has 1 aliphatic carbocycles. The molecular weight excluding hydrogens is 246 g/mol. The highest BCUT2D eigenvalue weighted by Crippen LogP contribution is 2.44. The number of aryl methyl sites for hydroxylation is 1. The number of pyridine rings is 1. The van der Waals surface area contributed by atoms with E-state index in [1.807, 2.05) is 19.1 Å². The maximum Gasteiger partial charge on any atom is 0.160 e. The van der Waals surface area contributed by atoms with Gasteiger partial charge in [-0.1, -0.05) is 6.92 Å². The lowest BCUT2D eigenvalue weighted by atomic mass is 9.74. The Balaban J connectivity index is 2.27. The minimum atomic E-state index is 0.208. The molecule has 1 fully saturated rings. The van der Waals surface area contributed by atoms with Crippen molar-refractivity contribution >= 4 is 22.8 Å². The predicted octanol–water partition coefficient (Wildman–Crippen LogP) is 3.77. The summed E-state index contributed by atoms with van der Waals surface area (Å²) < 4.78 is 2.31. The van der Waals surface area contributed by atoms with Crippen LogP contribution in [-0.4, -0.2) is 14.5 Å². The van der Waals surface area contributed by atoms with Crippen molar-refractivity contribution in [2.75, 3.05) is 0 Å². The van der Waals surface area contributed by atoms with Gasteiger partial charge in [-0.2, -0.15) is 0 Å². The summed E-state index contributed by atoms with van der Waals surface area (Å²) in [6.45, 7) is 4.27. The molecule has 2 aromatic heterocycles. The number of imidazole rings is 1. The molecule has 0 spiro atoms. The summed E-state index contributed by atoms with van der Waals surface area (Å²) >= 11 is 6.08. The molecule has 0 aliphatic heterocycles. The van der Waals surface area contributed by atoms with E-state index in [1.165, 1.54) is 19.3 Å². The van der Waals surface area contributed by atoms with Gasteiger partial charge in [0.25, 0.3) is 0 Å². The van der Waals surface area contributed by atoms with E-state index < -0.39 is 0 Å². The van der Waals surface area contributed by atoms with Crippen LogP contribution in [-0.2, 0) is 11.4 Å². The van der Waals surface area contributed by atoms with E-state index in [0.29, 0.717) is 5.88 Å². The van der Waals surface area contributed by atoms with Gasteiger partial charge >= 0.3 is 0 Å². The first-order valence-electron chi connectivity index (χ1n) is 6.61. The first-order chi connectivity index (χ1) is 8.70. The fraction of sp³-hybridized carbons (Fsp3) is 0.571. The Morgan fingerprint density at radius 3 is 2.67 bits per heavy atom. The standard InChI is InChI=1S/C14H18ClN3/c1-3-14(7-4-8-14)18-12(9-15)17-11-6-5-10(2)16-13(11)18/h5-6H,3-4,7-9H2,1-2H3. The predicted molar refractivity (Wildman–Crippen MR) is 73.9 cm³/mol. The second-order valence-electron chi connectivity index (χ2n) is 5.22. The normalized spacial score (nSPS) is 17.9. The lowest BCUT2D eigenvalue weighted by molar-refractivity contribution is 0.137. The Kier molecular flexibility index (Phi) is 2.81. The first-order valence-corrected chi connectivity index (χ1v) is 7.15. The molecule has 0 aromatic carbocycles. The van der Waals surface area contributed by atoms with Crippen molar-refractivity contribution < 1.29 is 0 Å². The zero-order chi connectivity index (χ0) is 12.8. The van der Waals surface area contributed by atoms with Crippen LogP contribution in [0.1, 0.15) is 44.1 Å². The summed E-state index contributed by atoms with van der Waals surface area (Å²) in [5, 5.41) is 0. The Labute approximate surface area is 112 Å². The summed E-state index contributed by atoms with van der Waals surface area (Å²) in [4.78, 5) is 9.32. The third-order valence-corrected chi connectivity index (χ3v) is 4.49. The SMILES string of the molecule is CCC1(n2c(CCl)nc3ccc(C)nc32)CCC1. The smallest absolute Gasteiger partial charge is 0.160 e. The van der Waals surface area contributed by atoms with Crippen LogP contribution in [0.15, 0.2) is 12.1 Å². The number of halogens is 1. The van der Waals surface area contributed by atoms with Gasteiger partial charge in [0.2, 0.25) is 0 Å². The lowest BCUT2D eigenvalue weighted by Crippen LogP contribution is -2.41. The molecule has 0 radical (unpaired) electrons. The highest BCUT2D eigenvalue weighted by molar-refractivity contribution is 6.16.